The van der Waals surface area contributed by atoms with Gasteiger partial charge in [0.15, 0.2) is 11.0 Å². The van der Waals surface area contributed by atoms with Crippen LogP contribution >= 0.6 is 23.4 Å². The summed E-state index contributed by atoms with van der Waals surface area (Å²) in [5.74, 6) is 0.822. The van der Waals surface area contributed by atoms with Gasteiger partial charge >= 0.3 is 0 Å². The number of amides is 1. The van der Waals surface area contributed by atoms with Crippen molar-refractivity contribution in [3.8, 4) is 17.1 Å². The van der Waals surface area contributed by atoms with Gasteiger partial charge in [0.1, 0.15) is 0 Å². The number of anilines is 1. The number of hydrogen-bond acceptors (Lipinski definition) is 4. The summed E-state index contributed by atoms with van der Waals surface area (Å²) in [4.78, 5) is 12.6. The van der Waals surface area contributed by atoms with Crippen LogP contribution in [-0.2, 0) is 10.2 Å². The largest absolute Gasteiger partial charge is 0.325 e. The minimum absolute atomic E-state index is 0.0637. The van der Waals surface area contributed by atoms with Crippen molar-refractivity contribution in [1.82, 2.24) is 14.8 Å². The maximum Gasteiger partial charge on any atom is 0.234 e. The number of hydrogen-bond donors (Lipinski definition) is 1. The molecular weight excluding hydrogens is 464 g/mol. The standard InChI is InChI=1S/C27H27ClN4OS/c1-18-5-13-22(14-6-18)29-24(33)17-34-26-31-30-25(32(26)23-15-11-21(28)12-16-23)19-7-9-20(10-8-19)27(2,3)4/h5-16H,17H2,1-4H3,(H,29,33). The highest BCUT2D eigenvalue weighted by atomic mass is 35.5. The lowest BCUT2D eigenvalue weighted by atomic mass is 9.87. The number of benzene rings is 3. The number of aromatic nitrogens is 3. The minimum Gasteiger partial charge on any atom is -0.325 e. The summed E-state index contributed by atoms with van der Waals surface area (Å²) in [5, 5.41) is 13.1. The zero-order valence-electron chi connectivity index (χ0n) is 19.7. The van der Waals surface area contributed by atoms with Crippen molar-refractivity contribution in [2.75, 3.05) is 11.1 Å². The summed E-state index contributed by atoms with van der Waals surface area (Å²) >= 11 is 7.46. The van der Waals surface area contributed by atoms with Crippen molar-refractivity contribution < 1.29 is 4.79 Å². The Balaban J connectivity index is 1.61. The van der Waals surface area contributed by atoms with E-state index < -0.39 is 0 Å². The van der Waals surface area contributed by atoms with Crippen LogP contribution in [-0.4, -0.2) is 26.4 Å². The molecule has 4 rings (SSSR count). The van der Waals surface area contributed by atoms with Gasteiger partial charge in [-0.1, -0.05) is 86.1 Å². The van der Waals surface area contributed by atoms with Crippen molar-refractivity contribution in [3.05, 3.63) is 88.9 Å². The highest BCUT2D eigenvalue weighted by molar-refractivity contribution is 7.99. The van der Waals surface area contributed by atoms with Crippen LogP contribution in [0.25, 0.3) is 17.1 Å². The van der Waals surface area contributed by atoms with E-state index in [1.165, 1.54) is 17.3 Å². The van der Waals surface area contributed by atoms with E-state index in [4.69, 9.17) is 11.6 Å². The van der Waals surface area contributed by atoms with Gasteiger partial charge in [0, 0.05) is 22.0 Å². The van der Waals surface area contributed by atoms with Crippen LogP contribution in [0.2, 0.25) is 5.02 Å². The first kappa shape index (κ1) is 24.0. The first-order chi connectivity index (χ1) is 16.2. The smallest absolute Gasteiger partial charge is 0.234 e. The highest BCUT2D eigenvalue weighted by Gasteiger charge is 2.19. The summed E-state index contributed by atoms with van der Waals surface area (Å²) in [5.41, 5.74) is 5.06. The van der Waals surface area contributed by atoms with Gasteiger partial charge in [-0.2, -0.15) is 0 Å². The summed E-state index contributed by atoms with van der Waals surface area (Å²) < 4.78 is 1.96. The monoisotopic (exact) mass is 490 g/mol. The number of aryl methyl sites for hydroxylation is 1. The zero-order valence-corrected chi connectivity index (χ0v) is 21.2. The number of rotatable bonds is 6. The third-order valence-corrected chi connectivity index (χ3v) is 6.58. The molecule has 0 atom stereocenters. The number of nitrogens with zero attached hydrogens (tertiary/aromatic N) is 3. The average molecular weight is 491 g/mol. The van der Waals surface area contributed by atoms with Crippen LogP contribution in [0.3, 0.4) is 0 Å². The van der Waals surface area contributed by atoms with Crippen molar-refractivity contribution in [1.29, 1.82) is 0 Å². The molecule has 1 heterocycles. The van der Waals surface area contributed by atoms with E-state index in [0.29, 0.717) is 16.0 Å². The van der Waals surface area contributed by atoms with Crippen LogP contribution in [0.5, 0.6) is 0 Å². The lowest BCUT2D eigenvalue weighted by Gasteiger charge is -2.19. The molecule has 0 aliphatic carbocycles. The van der Waals surface area contributed by atoms with E-state index in [-0.39, 0.29) is 17.1 Å². The summed E-state index contributed by atoms with van der Waals surface area (Å²) in [6.45, 7) is 8.58. The van der Waals surface area contributed by atoms with Gasteiger partial charge in [-0.25, -0.2) is 0 Å². The molecule has 0 radical (unpaired) electrons. The Kier molecular flexibility index (Phi) is 7.10. The lowest BCUT2D eigenvalue weighted by Crippen LogP contribution is -2.14. The predicted molar refractivity (Wildman–Crippen MR) is 141 cm³/mol. The number of halogens is 1. The summed E-state index contributed by atoms with van der Waals surface area (Å²) in [6.07, 6.45) is 0. The third kappa shape index (κ3) is 5.69. The third-order valence-electron chi connectivity index (χ3n) is 5.39. The maximum absolute atomic E-state index is 12.6. The number of carbonyl (C=O) groups excluding carboxylic acids is 1. The molecule has 7 heteroatoms. The fourth-order valence-corrected chi connectivity index (χ4v) is 4.33. The molecule has 0 fully saturated rings. The second kappa shape index (κ2) is 10.0. The van der Waals surface area contributed by atoms with Crippen LogP contribution in [0.1, 0.15) is 31.9 Å². The quantitative estimate of drug-likeness (QED) is 0.298. The van der Waals surface area contributed by atoms with Gasteiger partial charge in [0.05, 0.1) is 5.75 Å². The van der Waals surface area contributed by atoms with E-state index in [1.807, 2.05) is 60.0 Å². The molecule has 0 saturated heterocycles. The van der Waals surface area contributed by atoms with Crippen LogP contribution in [0.15, 0.2) is 78.0 Å². The van der Waals surface area contributed by atoms with Gasteiger partial charge in [-0.15, -0.1) is 10.2 Å². The first-order valence-corrected chi connectivity index (χ1v) is 12.4. The van der Waals surface area contributed by atoms with E-state index in [0.717, 1.165) is 22.5 Å². The zero-order chi connectivity index (χ0) is 24.3. The molecule has 174 valence electrons. The Morgan fingerprint density at radius 2 is 1.59 bits per heavy atom. The molecule has 0 saturated carbocycles. The van der Waals surface area contributed by atoms with Gasteiger partial charge < -0.3 is 5.32 Å². The Bertz CT molecular complexity index is 1270. The second-order valence-corrected chi connectivity index (χ2v) is 10.5. The molecule has 5 nitrogen and oxygen atoms in total. The van der Waals surface area contributed by atoms with Crippen LogP contribution in [0, 0.1) is 6.92 Å². The number of thioether (sulfide) groups is 1. The molecule has 4 aromatic rings. The van der Waals surface area contributed by atoms with E-state index in [2.05, 4.69) is 60.6 Å². The summed E-state index contributed by atoms with van der Waals surface area (Å²) in [6, 6.07) is 23.6. The lowest BCUT2D eigenvalue weighted by molar-refractivity contribution is -0.113. The average Bonchev–Trinajstić information content (AvgIpc) is 3.23. The number of carbonyl (C=O) groups is 1. The van der Waals surface area contributed by atoms with Crippen LogP contribution < -0.4 is 5.32 Å². The fourth-order valence-electron chi connectivity index (χ4n) is 3.46. The molecular formula is C27H27ClN4OS. The molecule has 0 spiro atoms. The van der Waals surface area contributed by atoms with Crippen molar-refractivity contribution in [3.63, 3.8) is 0 Å². The molecule has 0 aliphatic heterocycles. The van der Waals surface area contributed by atoms with Crippen molar-refractivity contribution >= 4 is 35.0 Å². The Morgan fingerprint density at radius 3 is 2.21 bits per heavy atom. The summed E-state index contributed by atoms with van der Waals surface area (Å²) in [7, 11) is 0. The second-order valence-electron chi connectivity index (χ2n) is 9.15. The van der Waals surface area contributed by atoms with E-state index >= 15 is 0 Å². The number of nitrogens with one attached hydrogen (secondary N) is 1. The first-order valence-electron chi connectivity index (χ1n) is 11.0. The molecule has 1 N–H and O–H groups in total. The topological polar surface area (TPSA) is 59.8 Å². The molecule has 34 heavy (non-hydrogen) atoms. The Hall–Kier alpha value is -3.09. The van der Waals surface area contributed by atoms with Crippen molar-refractivity contribution in [2.45, 2.75) is 38.3 Å². The van der Waals surface area contributed by atoms with E-state index in [9.17, 15) is 4.79 Å². The maximum atomic E-state index is 12.6. The Labute approximate surface area is 209 Å². The molecule has 0 aliphatic rings. The van der Waals surface area contributed by atoms with Gasteiger partial charge in [0.2, 0.25) is 5.91 Å². The van der Waals surface area contributed by atoms with E-state index in [1.54, 1.807) is 0 Å². The normalized spacial score (nSPS) is 11.4. The Morgan fingerprint density at radius 1 is 0.941 bits per heavy atom. The van der Waals surface area contributed by atoms with Gasteiger partial charge in [-0.3, -0.25) is 9.36 Å². The fraction of sp³-hybridized carbons (Fsp3) is 0.222. The minimum atomic E-state index is -0.101. The molecule has 1 amide bonds. The predicted octanol–water partition coefficient (Wildman–Crippen LogP) is 6.92. The molecule has 3 aromatic carbocycles. The van der Waals surface area contributed by atoms with Gasteiger partial charge in [0.25, 0.3) is 0 Å². The van der Waals surface area contributed by atoms with Crippen molar-refractivity contribution in [2.24, 2.45) is 0 Å². The molecule has 0 bridgehead atoms. The molecule has 1 aromatic heterocycles. The highest BCUT2D eigenvalue weighted by Crippen LogP contribution is 2.30. The SMILES string of the molecule is Cc1ccc(NC(=O)CSc2nnc(-c3ccc(C(C)(C)C)cc3)n2-c2ccc(Cl)cc2)cc1. The van der Waals surface area contributed by atoms with Gasteiger partial charge in [-0.05, 0) is 54.3 Å². The molecule has 0 unspecified atom stereocenters. The van der Waals surface area contributed by atoms with Crippen LogP contribution in [0.4, 0.5) is 5.69 Å².